The minimum Gasteiger partial charge on any atom is -0.493 e. The molecule has 0 aromatic heterocycles. The SMILES string of the molecule is COc1ccccc1OCC(=O)Oc1cccc(C(=O)NCc2ccccc2)c1. The van der Waals surface area contributed by atoms with E-state index in [0.717, 1.165) is 5.56 Å². The second-order valence-electron chi connectivity index (χ2n) is 6.11. The number of carbonyl (C=O) groups excluding carboxylic acids is 2. The van der Waals surface area contributed by atoms with Gasteiger partial charge in [0, 0.05) is 12.1 Å². The van der Waals surface area contributed by atoms with Crippen molar-refractivity contribution in [2.24, 2.45) is 0 Å². The van der Waals surface area contributed by atoms with Gasteiger partial charge in [0.05, 0.1) is 7.11 Å². The van der Waals surface area contributed by atoms with Crippen LogP contribution in [0.25, 0.3) is 0 Å². The van der Waals surface area contributed by atoms with E-state index in [1.807, 2.05) is 30.3 Å². The zero-order chi connectivity index (χ0) is 20.5. The van der Waals surface area contributed by atoms with E-state index >= 15 is 0 Å². The fourth-order valence-corrected chi connectivity index (χ4v) is 2.62. The molecular weight excluding hydrogens is 370 g/mol. The molecule has 148 valence electrons. The fraction of sp³-hybridized carbons (Fsp3) is 0.130. The van der Waals surface area contributed by atoms with Gasteiger partial charge in [-0.25, -0.2) is 4.79 Å². The number of hydrogen-bond donors (Lipinski definition) is 1. The van der Waals surface area contributed by atoms with Crippen LogP contribution in [0.1, 0.15) is 15.9 Å². The first-order chi connectivity index (χ1) is 14.2. The lowest BCUT2D eigenvalue weighted by molar-refractivity contribution is -0.136. The van der Waals surface area contributed by atoms with Crippen molar-refractivity contribution in [3.8, 4) is 17.2 Å². The van der Waals surface area contributed by atoms with E-state index in [4.69, 9.17) is 14.2 Å². The minimum absolute atomic E-state index is 0.253. The van der Waals surface area contributed by atoms with Gasteiger partial charge >= 0.3 is 5.97 Å². The molecule has 3 rings (SSSR count). The number of hydrogen-bond acceptors (Lipinski definition) is 5. The topological polar surface area (TPSA) is 73.9 Å². The molecule has 0 fully saturated rings. The molecule has 6 heteroatoms. The summed E-state index contributed by atoms with van der Waals surface area (Å²) < 4.78 is 15.9. The van der Waals surface area contributed by atoms with E-state index in [1.165, 1.54) is 13.2 Å². The lowest BCUT2D eigenvalue weighted by Gasteiger charge is -2.10. The Morgan fingerprint density at radius 3 is 2.34 bits per heavy atom. The molecular formula is C23H21NO5. The number of carbonyl (C=O) groups is 2. The zero-order valence-corrected chi connectivity index (χ0v) is 16.0. The van der Waals surface area contributed by atoms with E-state index in [0.29, 0.717) is 23.6 Å². The first-order valence-electron chi connectivity index (χ1n) is 9.04. The standard InChI is InChI=1S/C23H21NO5/c1-27-20-12-5-6-13-21(20)28-16-22(25)29-19-11-7-10-18(14-19)23(26)24-15-17-8-3-2-4-9-17/h2-14H,15-16H2,1H3,(H,24,26). The van der Waals surface area contributed by atoms with Crippen LogP contribution in [0.4, 0.5) is 0 Å². The summed E-state index contributed by atoms with van der Waals surface area (Å²) in [7, 11) is 1.52. The third-order valence-electron chi connectivity index (χ3n) is 4.04. The molecule has 6 nitrogen and oxygen atoms in total. The van der Waals surface area contributed by atoms with Crippen molar-refractivity contribution in [1.82, 2.24) is 5.32 Å². The van der Waals surface area contributed by atoms with Crippen LogP contribution in [-0.2, 0) is 11.3 Å². The van der Waals surface area contributed by atoms with Crippen molar-refractivity contribution in [2.75, 3.05) is 13.7 Å². The van der Waals surface area contributed by atoms with E-state index < -0.39 is 5.97 Å². The predicted octanol–water partition coefficient (Wildman–Crippen LogP) is 3.61. The van der Waals surface area contributed by atoms with Gasteiger partial charge in [-0.3, -0.25) is 4.79 Å². The summed E-state index contributed by atoms with van der Waals surface area (Å²) in [5, 5.41) is 2.84. The third kappa shape index (κ3) is 5.84. The summed E-state index contributed by atoms with van der Waals surface area (Å²) >= 11 is 0. The number of ether oxygens (including phenoxy) is 3. The summed E-state index contributed by atoms with van der Waals surface area (Å²) in [5.41, 5.74) is 1.40. The number of para-hydroxylation sites is 2. The molecule has 0 bridgehead atoms. The van der Waals surface area contributed by atoms with Crippen molar-refractivity contribution in [2.45, 2.75) is 6.54 Å². The van der Waals surface area contributed by atoms with Crippen molar-refractivity contribution < 1.29 is 23.8 Å². The molecule has 0 unspecified atom stereocenters. The largest absolute Gasteiger partial charge is 0.493 e. The maximum Gasteiger partial charge on any atom is 0.349 e. The Hall–Kier alpha value is -3.80. The van der Waals surface area contributed by atoms with Crippen LogP contribution < -0.4 is 19.5 Å². The highest BCUT2D eigenvalue weighted by Crippen LogP contribution is 2.25. The van der Waals surface area contributed by atoms with Crippen molar-refractivity contribution >= 4 is 11.9 Å². The maximum atomic E-state index is 12.3. The molecule has 0 aliphatic rings. The summed E-state index contributed by atoms with van der Waals surface area (Å²) in [5.74, 6) is 0.402. The summed E-state index contributed by atoms with van der Waals surface area (Å²) in [6, 6.07) is 23.0. The number of nitrogens with one attached hydrogen (secondary N) is 1. The molecule has 0 aliphatic carbocycles. The number of methoxy groups -OCH3 is 1. The fourth-order valence-electron chi connectivity index (χ4n) is 2.62. The highest BCUT2D eigenvalue weighted by molar-refractivity contribution is 5.94. The highest BCUT2D eigenvalue weighted by Gasteiger charge is 2.11. The van der Waals surface area contributed by atoms with Gasteiger partial charge in [0.1, 0.15) is 5.75 Å². The van der Waals surface area contributed by atoms with Crippen LogP contribution in [0.15, 0.2) is 78.9 Å². The average Bonchev–Trinajstić information content (AvgIpc) is 2.77. The number of rotatable bonds is 8. The number of amides is 1. The first kappa shape index (κ1) is 19.9. The summed E-state index contributed by atoms with van der Waals surface area (Å²) in [6.07, 6.45) is 0. The molecule has 29 heavy (non-hydrogen) atoms. The number of esters is 1. The van der Waals surface area contributed by atoms with E-state index in [1.54, 1.807) is 42.5 Å². The average molecular weight is 391 g/mol. The van der Waals surface area contributed by atoms with Gasteiger partial charge in [0.15, 0.2) is 18.1 Å². The normalized spacial score (nSPS) is 10.1. The molecule has 0 atom stereocenters. The van der Waals surface area contributed by atoms with Crippen LogP contribution in [0, 0.1) is 0 Å². The molecule has 1 N–H and O–H groups in total. The second-order valence-corrected chi connectivity index (χ2v) is 6.11. The van der Waals surface area contributed by atoms with E-state index in [-0.39, 0.29) is 18.3 Å². The van der Waals surface area contributed by atoms with Gasteiger partial charge in [0.25, 0.3) is 5.91 Å². The Labute approximate surface area is 169 Å². The smallest absolute Gasteiger partial charge is 0.349 e. The van der Waals surface area contributed by atoms with Gasteiger partial charge in [-0.05, 0) is 35.9 Å². The molecule has 0 spiro atoms. The molecule has 0 radical (unpaired) electrons. The van der Waals surface area contributed by atoms with E-state index in [2.05, 4.69) is 5.32 Å². The van der Waals surface area contributed by atoms with Crippen molar-refractivity contribution in [1.29, 1.82) is 0 Å². The van der Waals surface area contributed by atoms with Crippen LogP contribution in [0.5, 0.6) is 17.2 Å². The van der Waals surface area contributed by atoms with Crippen molar-refractivity contribution in [3.63, 3.8) is 0 Å². The lowest BCUT2D eigenvalue weighted by Crippen LogP contribution is -2.23. The molecule has 0 saturated carbocycles. The van der Waals surface area contributed by atoms with Gasteiger partial charge in [-0.15, -0.1) is 0 Å². The maximum absolute atomic E-state index is 12.3. The van der Waals surface area contributed by atoms with Crippen LogP contribution in [0.3, 0.4) is 0 Å². The van der Waals surface area contributed by atoms with Crippen LogP contribution in [0.2, 0.25) is 0 Å². The summed E-state index contributed by atoms with van der Waals surface area (Å²) in [6.45, 7) is 0.126. The molecule has 0 heterocycles. The minimum atomic E-state index is -0.585. The van der Waals surface area contributed by atoms with Crippen molar-refractivity contribution in [3.05, 3.63) is 90.0 Å². The summed E-state index contributed by atoms with van der Waals surface area (Å²) in [4.78, 5) is 24.4. The Balaban J connectivity index is 1.54. The molecule has 0 aliphatic heterocycles. The predicted molar refractivity (Wildman–Crippen MR) is 108 cm³/mol. The van der Waals surface area contributed by atoms with Crippen LogP contribution >= 0.6 is 0 Å². The molecule has 1 amide bonds. The molecule has 0 saturated heterocycles. The van der Waals surface area contributed by atoms with Gasteiger partial charge in [-0.2, -0.15) is 0 Å². The Morgan fingerprint density at radius 2 is 1.59 bits per heavy atom. The lowest BCUT2D eigenvalue weighted by atomic mass is 10.2. The van der Waals surface area contributed by atoms with Crippen LogP contribution in [-0.4, -0.2) is 25.6 Å². The Kier molecular flexibility index (Phi) is 6.84. The Morgan fingerprint density at radius 1 is 0.862 bits per heavy atom. The number of benzene rings is 3. The third-order valence-corrected chi connectivity index (χ3v) is 4.04. The van der Waals surface area contributed by atoms with E-state index in [9.17, 15) is 9.59 Å². The monoisotopic (exact) mass is 391 g/mol. The highest BCUT2D eigenvalue weighted by atomic mass is 16.6. The van der Waals surface area contributed by atoms with Gasteiger partial charge in [-0.1, -0.05) is 48.5 Å². The zero-order valence-electron chi connectivity index (χ0n) is 16.0. The molecule has 3 aromatic carbocycles. The second kappa shape index (κ2) is 9.94. The quantitative estimate of drug-likeness (QED) is 0.469. The Bertz CT molecular complexity index is 972. The van der Waals surface area contributed by atoms with Gasteiger partial charge in [0.2, 0.25) is 0 Å². The molecule has 3 aromatic rings. The first-order valence-corrected chi connectivity index (χ1v) is 9.04. The van der Waals surface area contributed by atoms with Gasteiger partial charge < -0.3 is 19.5 Å².